The molecule has 0 aromatic carbocycles. The van der Waals surface area contributed by atoms with Crippen LogP contribution < -0.4 is 0 Å². The molecule has 3 heterocycles. The Hall–Kier alpha value is -0.930. The van der Waals surface area contributed by atoms with E-state index < -0.39 is 0 Å². The average molecular weight is 243 g/mol. The molecule has 1 saturated carbocycles. The summed E-state index contributed by atoms with van der Waals surface area (Å²) in [5, 5.41) is 0. The minimum absolute atomic E-state index is 0.937. The van der Waals surface area contributed by atoms with Gasteiger partial charge in [0.1, 0.15) is 0 Å². The van der Waals surface area contributed by atoms with Crippen molar-refractivity contribution in [3.05, 3.63) is 30.1 Å². The van der Waals surface area contributed by atoms with E-state index in [9.17, 15) is 0 Å². The summed E-state index contributed by atoms with van der Waals surface area (Å²) in [5.74, 6) is 1.87. The van der Waals surface area contributed by atoms with Gasteiger partial charge in [-0.15, -0.1) is 0 Å². The molecule has 0 amide bonds. The lowest BCUT2D eigenvalue weighted by atomic mass is 10.0. The first-order valence-electron chi connectivity index (χ1n) is 7.24. The lowest BCUT2D eigenvalue weighted by molar-refractivity contribution is 0.245. The highest BCUT2D eigenvalue weighted by atomic mass is 15.3. The maximum Gasteiger partial charge on any atom is 0.0271 e. The molecule has 0 spiro atoms. The molecule has 1 aromatic heterocycles. The van der Waals surface area contributed by atoms with Crippen LogP contribution in [0.2, 0.25) is 0 Å². The molecule has 1 aliphatic carbocycles. The lowest BCUT2D eigenvalue weighted by Crippen LogP contribution is -2.29. The van der Waals surface area contributed by atoms with Crippen LogP contribution in [-0.2, 0) is 6.54 Å². The van der Waals surface area contributed by atoms with Gasteiger partial charge in [0.05, 0.1) is 0 Å². The van der Waals surface area contributed by atoms with Crippen LogP contribution in [0.5, 0.6) is 0 Å². The summed E-state index contributed by atoms with van der Waals surface area (Å²) in [7, 11) is 0. The zero-order valence-corrected chi connectivity index (χ0v) is 10.8. The van der Waals surface area contributed by atoms with E-state index in [0.29, 0.717) is 0 Å². The molecule has 0 N–H and O–H groups in total. The molecule has 3 nitrogen and oxygen atoms in total. The summed E-state index contributed by atoms with van der Waals surface area (Å²) in [5.41, 5.74) is 1.41. The number of nitrogens with zero attached hydrogens (tertiary/aromatic N) is 3. The van der Waals surface area contributed by atoms with Crippen molar-refractivity contribution < 1.29 is 0 Å². The fraction of sp³-hybridized carbons (Fsp3) is 0.667. The second kappa shape index (κ2) is 4.32. The molecule has 2 unspecified atom stereocenters. The van der Waals surface area contributed by atoms with E-state index in [1.807, 2.05) is 12.4 Å². The highest BCUT2D eigenvalue weighted by molar-refractivity contribution is 5.10. The van der Waals surface area contributed by atoms with Gasteiger partial charge in [-0.3, -0.25) is 14.8 Å². The van der Waals surface area contributed by atoms with E-state index in [0.717, 1.165) is 24.4 Å². The van der Waals surface area contributed by atoms with Crippen LogP contribution in [-0.4, -0.2) is 47.0 Å². The van der Waals surface area contributed by atoms with E-state index in [2.05, 4.69) is 26.9 Å². The number of pyridine rings is 1. The summed E-state index contributed by atoms with van der Waals surface area (Å²) >= 11 is 0. The molecular formula is C15H21N3. The summed E-state index contributed by atoms with van der Waals surface area (Å²) in [6.45, 7) is 6.44. The normalized spacial score (nSPS) is 32.9. The lowest BCUT2D eigenvalue weighted by Gasteiger charge is -2.21. The Morgan fingerprint density at radius 2 is 1.67 bits per heavy atom. The summed E-state index contributed by atoms with van der Waals surface area (Å²) in [6.07, 6.45) is 6.72. The van der Waals surface area contributed by atoms with Crippen molar-refractivity contribution in [2.75, 3.05) is 26.2 Å². The molecule has 18 heavy (non-hydrogen) atoms. The first-order valence-corrected chi connectivity index (χ1v) is 7.24. The second-order valence-electron chi connectivity index (χ2n) is 6.25. The number of fused-ring (bicyclic) bond motifs is 1. The summed E-state index contributed by atoms with van der Waals surface area (Å²) in [4.78, 5) is 9.47. The van der Waals surface area contributed by atoms with Crippen molar-refractivity contribution in [1.29, 1.82) is 0 Å². The van der Waals surface area contributed by atoms with Crippen molar-refractivity contribution in [1.82, 2.24) is 14.8 Å². The molecule has 3 heteroatoms. The minimum Gasteiger partial charge on any atom is -0.300 e. The van der Waals surface area contributed by atoms with Crippen LogP contribution in [0.15, 0.2) is 24.5 Å². The van der Waals surface area contributed by atoms with Crippen molar-refractivity contribution in [3.8, 4) is 0 Å². The van der Waals surface area contributed by atoms with E-state index >= 15 is 0 Å². The standard InChI is InChI=1S/C15H21N3/c1-2-15(1)18-10-13-8-17(9-14(13)11-18)7-12-3-5-16-6-4-12/h3-6,13-15H,1-2,7-11H2. The molecule has 96 valence electrons. The maximum atomic E-state index is 4.09. The maximum absolute atomic E-state index is 4.09. The van der Waals surface area contributed by atoms with Crippen LogP contribution in [0.3, 0.4) is 0 Å². The van der Waals surface area contributed by atoms with Gasteiger partial charge < -0.3 is 0 Å². The third-order valence-electron chi connectivity index (χ3n) is 4.81. The van der Waals surface area contributed by atoms with Gasteiger partial charge >= 0.3 is 0 Å². The Labute approximate surface area is 109 Å². The molecule has 2 atom stereocenters. The molecule has 2 saturated heterocycles. The number of likely N-dealkylation sites (tertiary alicyclic amines) is 2. The SMILES string of the molecule is c1cc(CN2CC3CN(C4CC4)CC3C2)ccn1. The Kier molecular flexibility index (Phi) is 2.63. The van der Waals surface area contributed by atoms with Gasteiger partial charge in [0.15, 0.2) is 0 Å². The quantitative estimate of drug-likeness (QED) is 0.804. The van der Waals surface area contributed by atoms with Gasteiger partial charge in [-0.05, 0) is 42.4 Å². The Bertz CT molecular complexity index is 401. The monoisotopic (exact) mass is 243 g/mol. The molecular weight excluding hydrogens is 222 g/mol. The van der Waals surface area contributed by atoms with Gasteiger partial charge in [0.2, 0.25) is 0 Å². The fourth-order valence-corrected chi connectivity index (χ4v) is 3.74. The van der Waals surface area contributed by atoms with Crippen molar-refractivity contribution in [2.45, 2.75) is 25.4 Å². The van der Waals surface area contributed by atoms with E-state index in [1.54, 1.807) is 0 Å². The Morgan fingerprint density at radius 3 is 2.28 bits per heavy atom. The van der Waals surface area contributed by atoms with Gasteiger partial charge in [0, 0.05) is 51.2 Å². The average Bonchev–Trinajstić information content (AvgIpc) is 3.05. The first kappa shape index (κ1) is 10.9. The molecule has 2 aliphatic heterocycles. The molecule has 3 aliphatic rings. The molecule has 0 radical (unpaired) electrons. The molecule has 1 aromatic rings. The van der Waals surface area contributed by atoms with E-state index in [-0.39, 0.29) is 0 Å². The smallest absolute Gasteiger partial charge is 0.0271 e. The second-order valence-corrected chi connectivity index (χ2v) is 6.25. The number of rotatable bonds is 3. The van der Waals surface area contributed by atoms with Crippen molar-refractivity contribution in [2.24, 2.45) is 11.8 Å². The predicted octanol–water partition coefficient (Wildman–Crippen LogP) is 1.61. The predicted molar refractivity (Wildman–Crippen MR) is 71.1 cm³/mol. The highest BCUT2D eigenvalue weighted by Gasteiger charge is 2.43. The van der Waals surface area contributed by atoms with Crippen molar-refractivity contribution in [3.63, 3.8) is 0 Å². The number of hydrogen-bond acceptors (Lipinski definition) is 3. The van der Waals surface area contributed by atoms with E-state index in [4.69, 9.17) is 0 Å². The zero-order chi connectivity index (χ0) is 11.9. The number of hydrogen-bond donors (Lipinski definition) is 0. The van der Waals surface area contributed by atoms with Crippen LogP contribution in [0, 0.1) is 11.8 Å². The van der Waals surface area contributed by atoms with E-state index in [1.165, 1.54) is 44.6 Å². The number of aromatic nitrogens is 1. The van der Waals surface area contributed by atoms with Crippen LogP contribution in [0.4, 0.5) is 0 Å². The van der Waals surface area contributed by atoms with Crippen molar-refractivity contribution >= 4 is 0 Å². The summed E-state index contributed by atoms with van der Waals surface area (Å²) < 4.78 is 0. The fourth-order valence-electron chi connectivity index (χ4n) is 3.74. The van der Waals surface area contributed by atoms with Gasteiger partial charge in [-0.2, -0.15) is 0 Å². The molecule has 3 fully saturated rings. The Morgan fingerprint density at radius 1 is 1.00 bits per heavy atom. The van der Waals surface area contributed by atoms with Crippen LogP contribution >= 0.6 is 0 Å². The van der Waals surface area contributed by atoms with Gasteiger partial charge in [-0.1, -0.05) is 0 Å². The topological polar surface area (TPSA) is 19.4 Å². The largest absolute Gasteiger partial charge is 0.300 e. The first-order chi connectivity index (χ1) is 8.88. The highest BCUT2D eigenvalue weighted by Crippen LogP contribution is 2.38. The van der Waals surface area contributed by atoms with Crippen LogP contribution in [0.1, 0.15) is 18.4 Å². The van der Waals surface area contributed by atoms with Crippen LogP contribution in [0.25, 0.3) is 0 Å². The third kappa shape index (κ3) is 2.06. The summed E-state index contributed by atoms with van der Waals surface area (Å²) in [6, 6.07) is 5.25. The third-order valence-corrected chi connectivity index (χ3v) is 4.81. The minimum atomic E-state index is 0.937. The van der Waals surface area contributed by atoms with Gasteiger partial charge in [-0.25, -0.2) is 0 Å². The zero-order valence-electron chi connectivity index (χ0n) is 10.8. The molecule has 4 rings (SSSR count). The Balaban J connectivity index is 1.35. The molecule has 0 bridgehead atoms. The van der Waals surface area contributed by atoms with Gasteiger partial charge in [0.25, 0.3) is 0 Å².